The fourth-order valence-electron chi connectivity index (χ4n) is 3.04. The Morgan fingerprint density at radius 1 is 1.14 bits per heavy atom. The summed E-state index contributed by atoms with van der Waals surface area (Å²) in [5.41, 5.74) is 2.86. The van der Waals surface area contributed by atoms with Gasteiger partial charge >= 0.3 is 0 Å². The van der Waals surface area contributed by atoms with Crippen LogP contribution in [-0.2, 0) is 14.3 Å². The Labute approximate surface area is 171 Å². The highest BCUT2D eigenvalue weighted by molar-refractivity contribution is 5.94. The van der Waals surface area contributed by atoms with E-state index >= 15 is 0 Å². The number of hydrogen-bond acceptors (Lipinski definition) is 5. The van der Waals surface area contributed by atoms with Crippen molar-refractivity contribution in [3.05, 3.63) is 54.1 Å². The van der Waals surface area contributed by atoms with Crippen LogP contribution in [0.25, 0.3) is 0 Å². The average molecular weight is 397 g/mol. The summed E-state index contributed by atoms with van der Waals surface area (Å²) in [6.07, 6.45) is 0. The largest absolute Gasteiger partial charge is 0.484 e. The minimum atomic E-state index is -0.260. The first-order chi connectivity index (χ1) is 14.0. The summed E-state index contributed by atoms with van der Waals surface area (Å²) < 4.78 is 10.9. The molecule has 1 fully saturated rings. The second-order valence-corrected chi connectivity index (χ2v) is 7.05. The van der Waals surface area contributed by atoms with Crippen molar-refractivity contribution in [2.24, 2.45) is 0 Å². The lowest BCUT2D eigenvalue weighted by molar-refractivity contribution is -0.135. The number of carbonyl (C=O) groups is 2. The molecule has 1 heterocycles. The molecule has 0 spiro atoms. The SMILES string of the molecule is Cc1cccc(OCC(=O)N(C)CC(=O)Nc2ccc(N3CCOCC3)cc2)c1. The zero-order valence-corrected chi connectivity index (χ0v) is 16.9. The van der Waals surface area contributed by atoms with Gasteiger partial charge in [0.05, 0.1) is 19.8 Å². The first-order valence-electron chi connectivity index (χ1n) is 9.67. The highest BCUT2D eigenvalue weighted by Crippen LogP contribution is 2.19. The Bertz CT molecular complexity index is 832. The van der Waals surface area contributed by atoms with Gasteiger partial charge in [0.2, 0.25) is 5.91 Å². The standard InChI is InChI=1S/C22H27N3O4/c1-17-4-3-5-20(14-17)29-16-22(27)24(2)15-21(26)23-18-6-8-19(9-7-18)25-10-12-28-13-11-25/h3-9,14H,10-13,15-16H2,1-2H3,(H,23,26). The van der Waals surface area contributed by atoms with Crippen LogP contribution < -0.4 is 15.0 Å². The van der Waals surface area contributed by atoms with E-state index < -0.39 is 0 Å². The highest BCUT2D eigenvalue weighted by Gasteiger charge is 2.15. The number of morpholine rings is 1. The molecule has 0 aromatic heterocycles. The Hall–Kier alpha value is -3.06. The van der Waals surface area contributed by atoms with Crippen LogP contribution >= 0.6 is 0 Å². The maximum absolute atomic E-state index is 12.3. The number of anilines is 2. The molecule has 2 amide bonds. The molecule has 2 aromatic rings. The van der Waals surface area contributed by atoms with Gasteiger partial charge in [-0.05, 0) is 48.9 Å². The number of hydrogen-bond donors (Lipinski definition) is 1. The predicted molar refractivity (Wildman–Crippen MR) is 112 cm³/mol. The van der Waals surface area contributed by atoms with E-state index in [1.807, 2.05) is 49.4 Å². The molecule has 1 saturated heterocycles. The van der Waals surface area contributed by atoms with Crippen molar-refractivity contribution in [2.45, 2.75) is 6.92 Å². The third kappa shape index (κ3) is 6.22. The van der Waals surface area contributed by atoms with E-state index in [1.54, 1.807) is 13.1 Å². The van der Waals surface area contributed by atoms with Crippen LogP contribution in [0.3, 0.4) is 0 Å². The van der Waals surface area contributed by atoms with Crippen molar-refractivity contribution >= 4 is 23.2 Å². The van der Waals surface area contributed by atoms with E-state index in [2.05, 4.69) is 10.2 Å². The molecule has 1 aliphatic heterocycles. The van der Waals surface area contributed by atoms with E-state index in [9.17, 15) is 9.59 Å². The Morgan fingerprint density at radius 2 is 1.86 bits per heavy atom. The monoisotopic (exact) mass is 397 g/mol. The highest BCUT2D eigenvalue weighted by atomic mass is 16.5. The number of nitrogens with one attached hydrogen (secondary N) is 1. The van der Waals surface area contributed by atoms with Crippen molar-refractivity contribution in [3.8, 4) is 5.75 Å². The molecule has 7 heteroatoms. The summed E-state index contributed by atoms with van der Waals surface area (Å²) in [5.74, 6) is 0.122. The molecule has 0 bridgehead atoms. The molecule has 1 aliphatic rings. The molecular weight excluding hydrogens is 370 g/mol. The van der Waals surface area contributed by atoms with Gasteiger partial charge in [-0.15, -0.1) is 0 Å². The van der Waals surface area contributed by atoms with E-state index in [-0.39, 0.29) is 25.0 Å². The molecule has 0 radical (unpaired) electrons. The second-order valence-electron chi connectivity index (χ2n) is 7.05. The van der Waals surface area contributed by atoms with E-state index in [0.29, 0.717) is 11.4 Å². The van der Waals surface area contributed by atoms with Crippen LogP contribution in [0.1, 0.15) is 5.56 Å². The number of carbonyl (C=O) groups excluding carboxylic acids is 2. The van der Waals surface area contributed by atoms with Crippen LogP contribution in [0.4, 0.5) is 11.4 Å². The lowest BCUT2D eigenvalue weighted by Crippen LogP contribution is -2.37. The van der Waals surface area contributed by atoms with Crippen molar-refractivity contribution < 1.29 is 19.1 Å². The Morgan fingerprint density at radius 3 is 2.55 bits per heavy atom. The third-order valence-corrected chi connectivity index (χ3v) is 4.69. The van der Waals surface area contributed by atoms with Crippen LogP contribution in [0.15, 0.2) is 48.5 Å². The number of ether oxygens (including phenoxy) is 2. The fraction of sp³-hybridized carbons (Fsp3) is 0.364. The van der Waals surface area contributed by atoms with Gasteiger partial charge in [-0.25, -0.2) is 0 Å². The van der Waals surface area contributed by atoms with Crippen LogP contribution in [0, 0.1) is 6.92 Å². The smallest absolute Gasteiger partial charge is 0.260 e. The fourth-order valence-corrected chi connectivity index (χ4v) is 3.04. The molecular formula is C22H27N3O4. The van der Waals surface area contributed by atoms with Crippen molar-refractivity contribution in [1.82, 2.24) is 4.90 Å². The summed E-state index contributed by atoms with van der Waals surface area (Å²) in [6.45, 7) is 4.99. The maximum Gasteiger partial charge on any atom is 0.260 e. The summed E-state index contributed by atoms with van der Waals surface area (Å²) >= 11 is 0. The summed E-state index contributed by atoms with van der Waals surface area (Å²) in [4.78, 5) is 28.1. The van der Waals surface area contributed by atoms with Gasteiger partial charge in [-0.3, -0.25) is 9.59 Å². The molecule has 0 aliphatic carbocycles. The number of aryl methyl sites for hydroxylation is 1. The minimum absolute atomic E-state index is 0.0405. The van der Waals surface area contributed by atoms with E-state index in [4.69, 9.17) is 9.47 Å². The van der Waals surface area contributed by atoms with E-state index in [0.717, 1.165) is 37.6 Å². The third-order valence-electron chi connectivity index (χ3n) is 4.69. The van der Waals surface area contributed by atoms with E-state index in [1.165, 1.54) is 4.90 Å². The molecule has 1 N–H and O–H groups in total. The average Bonchev–Trinajstić information content (AvgIpc) is 2.73. The van der Waals surface area contributed by atoms with Crippen LogP contribution in [0.2, 0.25) is 0 Å². The Kier molecular flexibility index (Phi) is 7.08. The molecule has 154 valence electrons. The summed E-state index contributed by atoms with van der Waals surface area (Å²) in [5, 5.41) is 2.82. The lowest BCUT2D eigenvalue weighted by Gasteiger charge is -2.28. The number of rotatable bonds is 7. The molecule has 29 heavy (non-hydrogen) atoms. The zero-order chi connectivity index (χ0) is 20.6. The molecule has 2 aromatic carbocycles. The minimum Gasteiger partial charge on any atom is -0.484 e. The molecule has 3 rings (SSSR count). The van der Waals surface area contributed by atoms with Gasteiger partial charge in [0.1, 0.15) is 5.75 Å². The van der Waals surface area contributed by atoms with Crippen LogP contribution in [-0.4, -0.2) is 63.2 Å². The quantitative estimate of drug-likeness (QED) is 0.776. The van der Waals surface area contributed by atoms with Gasteiger partial charge in [0.15, 0.2) is 6.61 Å². The summed E-state index contributed by atoms with van der Waals surface area (Å²) in [6, 6.07) is 15.2. The molecule has 7 nitrogen and oxygen atoms in total. The molecule has 0 saturated carbocycles. The second kappa shape index (κ2) is 9.93. The van der Waals surface area contributed by atoms with Gasteiger partial charge in [-0.1, -0.05) is 12.1 Å². The molecule has 0 atom stereocenters. The predicted octanol–water partition coefficient (Wildman–Crippen LogP) is 2.31. The summed E-state index contributed by atoms with van der Waals surface area (Å²) in [7, 11) is 1.59. The number of likely N-dealkylation sites (N-methyl/N-ethyl adjacent to an activating group) is 1. The zero-order valence-electron chi connectivity index (χ0n) is 16.9. The number of benzene rings is 2. The first kappa shape index (κ1) is 20.7. The molecule has 0 unspecified atom stereocenters. The maximum atomic E-state index is 12.3. The topological polar surface area (TPSA) is 71.1 Å². The lowest BCUT2D eigenvalue weighted by atomic mass is 10.2. The van der Waals surface area contributed by atoms with Crippen LogP contribution in [0.5, 0.6) is 5.75 Å². The van der Waals surface area contributed by atoms with Gasteiger partial charge < -0.3 is 24.6 Å². The van der Waals surface area contributed by atoms with Crippen molar-refractivity contribution in [1.29, 1.82) is 0 Å². The Balaban J connectivity index is 1.44. The van der Waals surface area contributed by atoms with Crippen molar-refractivity contribution in [2.75, 3.05) is 56.7 Å². The normalized spacial score (nSPS) is 13.7. The first-order valence-corrected chi connectivity index (χ1v) is 9.67. The van der Waals surface area contributed by atoms with Gasteiger partial charge in [-0.2, -0.15) is 0 Å². The number of amides is 2. The van der Waals surface area contributed by atoms with Crippen molar-refractivity contribution in [3.63, 3.8) is 0 Å². The van der Waals surface area contributed by atoms with Gasteiger partial charge in [0.25, 0.3) is 5.91 Å². The van der Waals surface area contributed by atoms with Gasteiger partial charge in [0, 0.05) is 31.5 Å². The number of nitrogens with zero attached hydrogens (tertiary/aromatic N) is 2.